The predicted octanol–water partition coefficient (Wildman–Crippen LogP) is 2.52. The van der Waals surface area contributed by atoms with E-state index in [2.05, 4.69) is 10.6 Å². The van der Waals surface area contributed by atoms with Gasteiger partial charge in [0, 0.05) is 31.7 Å². The molecule has 8 heteroatoms. The molecule has 0 radical (unpaired) electrons. The van der Waals surface area contributed by atoms with Gasteiger partial charge in [0.15, 0.2) is 0 Å². The maximum Gasteiger partial charge on any atom is 0.416 e. The summed E-state index contributed by atoms with van der Waals surface area (Å²) >= 11 is 0. The minimum Gasteiger partial charge on any atom is -0.336 e. The summed E-state index contributed by atoms with van der Waals surface area (Å²) in [7, 11) is 0. The number of carbonyl (C=O) groups excluding carboxylic acids is 2. The van der Waals surface area contributed by atoms with Crippen molar-refractivity contribution in [2.75, 3.05) is 18.0 Å². The third kappa shape index (κ3) is 5.15. The maximum absolute atomic E-state index is 12.5. The van der Waals surface area contributed by atoms with Crippen LogP contribution in [-0.2, 0) is 11.0 Å². The Hall–Kier alpha value is -2.25. The van der Waals surface area contributed by atoms with Crippen molar-refractivity contribution in [2.45, 2.75) is 32.0 Å². The molecule has 1 aromatic rings. The molecule has 1 fully saturated rings. The predicted molar refractivity (Wildman–Crippen MR) is 79.0 cm³/mol. The van der Waals surface area contributed by atoms with E-state index in [1.807, 2.05) is 0 Å². The molecule has 1 aromatic carbocycles. The normalized spacial score (nSPS) is 14.3. The summed E-state index contributed by atoms with van der Waals surface area (Å²) in [4.78, 5) is 24.5. The standard InChI is InChI=1S/C15H18F3N3O2/c1-10(22)21(9-8-19-14(23)20-12-4-5-12)13-6-2-11(3-7-13)15(16,17)18/h2-3,6-7,12H,4-5,8-9H2,1H3,(H2,19,20,23). The zero-order valence-corrected chi connectivity index (χ0v) is 12.6. The van der Waals surface area contributed by atoms with Crippen molar-refractivity contribution in [1.29, 1.82) is 0 Å². The van der Waals surface area contributed by atoms with E-state index < -0.39 is 11.7 Å². The summed E-state index contributed by atoms with van der Waals surface area (Å²) in [6, 6.07) is 4.28. The van der Waals surface area contributed by atoms with Gasteiger partial charge in [-0.2, -0.15) is 13.2 Å². The van der Waals surface area contributed by atoms with Gasteiger partial charge in [0.25, 0.3) is 0 Å². The van der Waals surface area contributed by atoms with Crippen LogP contribution in [0.3, 0.4) is 0 Å². The average molecular weight is 329 g/mol. The minimum absolute atomic E-state index is 0.179. The molecule has 1 aliphatic rings. The SMILES string of the molecule is CC(=O)N(CCNC(=O)NC1CC1)c1ccc(C(F)(F)F)cc1. The number of amides is 3. The van der Waals surface area contributed by atoms with Gasteiger partial charge in [0.1, 0.15) is 0 Å². The summed E-state index contributed by atoms with van der Waals surface area (Å²) < 4.78 is 37.6. The second kappa shape index (κ2) is 6.89. The lowest BCUT2D eigenvalue weighted by atomic mass is 10.2. The van der Waals surface area contributed by atoms with Crippen molar-refractivity contribution >= 4 is 17.6 Å². The number of nitrogens with zero attached hydrogens (tertiary/aromatic N) is 1. The fourth-order valence-corrected chi connectivity index (χ4v) is 2.04. The lowest BCUT2D eigenvalue weighted by Crippen LogP contribution is -2.42. The van der Waals surface area contributed by atoms with Crippen molar-refractivity contribution in [3.8, 4) is 0 Å². The molecule has 0 aliphatic heterocycles. The Balaban J connectivity index is 1.92. The Kier molecular flexibility index (Phi) is 5.12. The van der Waals surface area contributed by atoms with E-state index in [0.717, 1.165) is 25.0 Å². The fourth-order valence-electron chi connectivity index (χ4n) is 2.04. The first-order valence-electron chi connectivity index (χ1n) is 7.27. The van der Waals surface area contributed by atoms with Crippen LogP contribution in [0.2, 0.25) is 0 Å². The highest BCUT2D eigenvalue weighted by molar-refractivity contribution is 5.91. The van der Waals surface area contributed by atoms with E-state index in [9.17, 15) is 22.8 Å². The Morgan fingerprint density at radius 2 is 1.83 bits per heavy atom. The van der Waals surface area contributed by atoms with Crippen LogP contribution in [0.5, 0.6) is 0 Å². The van der Waals surface area contributed by atoms with Gasteiger partial charge in [-0.1, -0.05) is 0 Å². The van der Waals surface area contributed by atoms with E-state index in [4.69, 9.17) is 0 Å². The van der Waals surface area contributed by atoms with Crippen LogP contribution in [0.25, 0.3) is 0 Å². The topological polar surface area (TPSA) is 61.4 Å². The molecule has 3 amide bonds. The number of benzene rings is 1. The number of carbonyl (C=O) groups is 2. The van der Waals surface area contributed by atoms with Gasteiger partial charge in [-0.15, -0.1) is 0 Å². The van der Waals surface area contributed by atoms with Crippen molar-refractivity contribution in [3.63, 3.8) is 0 Å². The number of alkyl halides is 3. The van der Waals surface area contributed by atoms with Crippen LogP contribution in [-0.4, -0.2) is 31.1 Å². The van der Waals surface area contributed by atoms with Crippen LogP contribution >= 0.6 is 0 Å². The number of halogens is 3. The first-order chi connectivity index (χ1) is 10.8. The van der Waals surface area contributed by atoms with E-state index in [1.54, 1.807) is 0 Å². The van der Waals surface area contributed by atoms with Crippen LogP contribution in [0.4, 0.5) is 23.7 Å². The second-order valence-electron chi connectivity index (χ2n) is 5.39. The zero-order chi connectivity index (χ0) is 17.0. The smallest absolute Gasteiger partial charge is 0.336 e. The third-order valence-electron chi connectivity index (χ3n) is 3.42. The number of nitrogens with one attached hydrogen (secondary N) is 2. The molecular weight excluding hydrogens is 311 g/mol. The number of urea groups is 1. The highest BCUT2D eigenvalue weighted by atomic mass is 19.4. The molecule has 0 unspecified atom stereocenters. The molecule has 23 heavy (non-hydrogen) atoms. The Bertz CT molecular complexity index is 568. The van der Waals surface area contributed by atoms with E-state index in [0.29, 0.717) is 5.69 Å². The summed E-state index contributed by atoms with van der Waals surface area (Å²) in [6.45, 7) is 1.71. The molecule has 126 valence electrons. The largest absolute Gasteiger partial charge is 0.416 e. The van der Waals surface area contributed by atoms with Gasteiger partial charge in [0.2, 0.25) is 5.91 Å². The molecule has 0 heterocycles. The Labute approximate surface area is 131 Å². The average Bonchev–Trinajstić information content (AvgIpc) is 3.26. The molecule has 0 atom stereocenters. The van der Waals surface area contributed by atoms with E-state index in [-0.39, 0.29) is 31.1 Å². The second-order valence-corrected chi connectivity index (χ2v) is 5.39. The minimum atomic E-state index is -4.41. The van der Waals surface area contributed by atoms with Crippen molar-refractivity contribution in [1.82, 2.24) is 10.6 Å². The van der Waals surface area contributed by atoms with Crippen molar-refractivity contribution in [2.24, 2.45) is 0 Å². The molecule has 0 bridgehead atoms. The summed E-state index contributed by atoms with van der Waals surface area (Å²) in [6.07, 6.45) is -2.47. The van der Waals surface area contributed by atoms with Crippen LogP contribution < -0.4 is 15.5 Å². The number of rotatable bonds is 5. The monoisotopic (exact) mass is 329 g/mol. The Morgan fingerprint density at radius 3 is 2.30 bits per heavy atom. The third-order valence-corrected chi connectivity index (χ3v) is 3.42. The number of hydrogen-bond donors (Lipinski definition) is 2. The van der Waals surface area contributed by atoms with Gasteiger partial charge in [-0.25, -0.2) is 4.79 Å². The van der Waals surface area contributed by atoms with Gasteiger partial charge < -0.3 is 15.5 Å². The lowest BCUT2D eigenvalue weighted by Gasteiger charge is -2.22. The number of anilines is 1. The van der Waals surface area contributed by atoms with Gasteiger partial charge in [0.05, 0.1) is 5.56 Å². The first kappa shape index (κ1) is 17.1. The lowest BCUT2D eigenvalue weighted by molar-refractivity contribution is -0.137. The molecule has 1 aliphatic carbocycles. The van der Waals surface area contributed by atoms with Crippen molar-refractivity contribution in [3.05, 3.63) is 29.8 Å². The van der Waals surface area contributed by atoms with Crippen LogP contribution in [0, 0.1) is 0 Å². The van der Waals surface area contributed by atoms with E-state index in [1.165, 1.54) is 24.0 Å². The first-order valence-corrected chi connectivity index (χ1v) is 7.27. The quantitative estimate of drug-likeness (QED) is 0.872. The summed E-state index contributed by atoms with van der Waals surface area (Å²) in [5, 5.41) is 5.36. The maximum atomic E-state index is 12.5. The molecule has 1 saturated carbocycles. The van der Waals surface area contributed by atoms with Gasteiger partial charge in [-0.3, -0.25) is 4.79 Å². The summed E-state index contributed by atoms with van der Waals surface area (Å²) in [5.74, 6) is -0.311. The highest BCUT2D eigenvalue weighted by Crippen LogP contribution is 2.30. The molecule has 0 aromatic heterocycles. The Morgan fingerprint density at radius 1 is 1.22 bits per heavy atom. The van der Waals surface area contributed by atoms with Crippen LogP contribution in [0.1, 0.15) is 25.3 Å². The molecule has 0 spiro atoms. The van der Waals surface area contributed by atoms with Crippen molar-refractivity contribution < 1.29 is 22.8 Å². The summed E-state index contributed by atoms with van der Waals surface area (Å²) in [5.41, 5.74) is -0.415. The molecule has 2 N–H and O–H groups in total. The van der Waals surface area contributed by atoms with E-state index >= 15 is 0 Å². The van der Waals surface area contributed by atoms with Crippen LogP contribution in [0.15, 0.2) is 24.3 Å². The fraction of sp³-hybridized carbons (Fsp3) is 0.467. The molecular formula is C15H18F3N3O2. The van der Waals surface area contributed by atoms with Gasteiger partial charge >= 0.3 is 12.2 Å². The zero-order valence-electron chi connectivity index (χ0n) is 12.6. The molecule has 0 saturated heterocycles. The number of hydrogen-bond acceptors (Lipinski definition) is 2. The highest BCUT2D eigenvalue weighted by Gasteiger charge is 2.30. The molecule has 5 nitrogen and oxygen atoms in total. The molecule has 2 rings (SSSR count). The van der Waals surface area contributed by atoms with Gasteiger partial charge in [-0.05, 0) is 37.1 Å².